The lowest BCUT2D eigenvalue weighted by Gasteiger charge is -2.10. The Morgan fingerprint density at radius 3 is 2.48 bits per heavy atom. The van der Waals surface area contributed by atoms with Crippen molar-refractivity contribution in [1.29, 1.82) is 0 Å². The molecule has 0 saturated heterocycles. The van der Waals surface area contributed by atoms with Crippen LogP contribution in [0.25, 0.3) is 10.9 Å². The number of fused-ring (bicyclic) bond motifs is 1. The number of hydrogen-bond acceptors (Lipinski definition) is 3. The maximum absolute atomic E-state index is 12.6. The first-order valence-corrected chi connectivity index (χ1v) is 8.75. The number of nitrogens with zero attached hydrogens (tertiary/aromatic N) is 1. The van der Waals surface area contributed by atoms with Crippen molar-refractivity contribution < 1.29 is 8.42 Å². The molecular weight excluding hydrogens is 399 g/mol. The van der Waals surface area contributed by atoms with Crippen LogP contribution in [-0.4, -0.2) is 13.4 Å². The lowest BCUT2D eigenvalue weighted by molar-refractivity contribution is 0.602. The van der Waals surface area contributed by atoms with Crippen molar-refractivity contribution in [2.75, 3.05) is 4.72 Å². The van der Waals surface area contributed by atoms with E-state index in [1.807, 2.05) is 12.1 Å². The molecule has 3 rings (SSSR count). The molecule has 0 atom stereocenters. The minimum atomic E-state index is -3.65. The van der Waals surface area contributed by atoms with Gasteiger partial charge in [0.15, 0.2) is 0 Å². The molecule has 0 radical (unpaired) electrons. The second-order valence-corrected chi connectivity index (χ2v) is 7.34. The van der Waals surface area contributed by atoms with Crippen LogP contribution in [0, 0.1) is 3.57 Å². The molecule has 1 aromatic heterocycles. The second kappa shape index (κ2) is 5.61. The van der Waals surface area contributed by atoms with Crippen LogP contribution in [0.3, 0.4) is 0 Å². The third-order valence-corrected chi connectivity index (χ3v) is 5.15. The van der Waals surface area contributed by atoms with Gasteiger partial charge in [0.25, 0.3) is 10.0 Å². The summed E-state index contributed by atoms with van der Waals surface area (Å²) in [4.78, 5) is 4.41. The van der Waals surface area contributed by atoms with Crippen LogP contribution in [0.15, 0.2) is 65.7 Å². The van der Waals surface area contributed by atoms with Crippen molar-refractivity contribution in [2.45, 2.75) is 4.90 Å². The minimum Gasteiger partial charge on any atom is -0.280 e. The molecule has 2 aromatic carbocycles. The highest BCUT2D eigenvalue weighted by molar-refractivity contribution is 14.1. The van der Waals surface area contributed by atoms with Crippen LogP contribution < -0.4 is 4.72 Å². The molecule has 1 N–H and O–H groups in total. The number of anilines is 1. The highest BCUT2D eigenvalue weighted by atomic mass is 127. The van der Waals surface area contributed by atoms with E-state index >= 15 is 0 Å². The van der Waals surface area contributed by atoms with Crippen LogP contribution in [0.2, 0.25) is 0 Å². The molecule has 106 valence electrons. The van der Waals surface area contributed by atoms with E-state index in [-0.39, 0.29) is 4.90 Å². The average Bonchev–Trinajstić information content (AvgIpc) is 2.49. The first kappa shape index (κ1) is 14.3. The Morgan fingerprint density at radius 1 is 0.952 bits per heavy atom. The number of aromatic nitrogens is 1. The number of nitrogens with one attached hydrogen (secondary N) is 1. The number of pyridine rings is 1. The first-order chi connectivity index (χ1) is 10.1. The predicted molar refractivity (Wildman–Crippen MR) is 91.7 cm³/mol. The van der Waals surface area contributed by atoms with Crippen LogP contribution in [0.1, 0.15) is 0 Å². The zero-order valence-electron chi connectivity index (χ0n) is 10.8. The van der Waals surface area contributed by atoms with E-state index in [1.54, 1.807) is 48.7 Å². The summed E-state index contributed by atoms with van der Waals surface area (Å²) < 4.78 is 28.8. The van der Waals surface area contributed by atoms with Crippen LogP contribution in [0.4, 0.5) is 5.69 Å². The Bertz CT molecular complexity index is 888. The highest BCUT2D eigenvalue weighted by Gasteiger charge is 2.17. The standard InChI is InChI=1S/C15H11IN2O2S/c16-11-6-8-12(9-7-11)18-21(19,20)15-5-1-4-14-13(15)3-2-10-17-14/h1-10,18H. The number of hydrogen-bond donors (Lipinski definition) is 1. The van der Waals surface area contributed by atoms with E-state index in [9.17, 15) is 8.42 Å². The van der Waals surface area contributed by atoms with E-state index < -0.39 is 10.0 Å². The topological polar surface area (TPSA) is 59.1 Å². The number of halogens is 1. The van der Waals surface area contributed by atoms with Crippen molar-refractivity contribution in [3.8, 4) is 0 Å². The summed E-state index contributed by atoms with van der Waals surface area (Å²) in [6.07, 6.45) is 1.64. The summed E-state index contributed by atoms with van der Waals surface area (Å²) in [7, 11) is -3.65. The zero-order chi connectivity index (χ0) is 14.9. The molecule has 21 heavy (non-hydrogen) atoms. The summed E-state index contributed by atoms with van der Waals surface area (Å²) in [6, 6.07) is 15.7. The fourth-order valence-corrected chi connectivity index (χ4v) is 3.67. The van der Waals surface area contributed by atoms with Crippen LogP contribution in [0.5, 0.6) is 0 Å². The molecule has 0 bridgehead atoms. The van der Waals surface area contributed by atoms with Gasteiger partial charge in [-0.1, -0.05) is 6.07 Å². The highest BCUT2D eigenvalue weighted by Crippen LogP contribution is 2.23. The summed E-state index contributed by atoms with van der Waals surface area (Å²) in [5, 5.41) is 0.609. The lowest BCUT2D eigenvalue weighted by atomic mass is 10.2. The maximum Gasteiger partial charge on any atom is 0.262 e. The average molecular weight is 410 g/mol. The van der Waals surface area contributed by atoms with Gasteiger partial charge in [-0.25, -0.2) is 8.42 Å². The molecule has 6 heteroatoms. The van der Waals surface area contributed by atoms with Gasteiger partial charge in [0.05, 0.1) is 10.4 Å². The van der Waals surface area contributed by atoms with Crippen molar-refractivity contribution in [3.63, 3.8) is 0 Å². The lowest BCUT2D eigenvalue weighted by Crippen LogP contribution is -2.13. The van der Waals surface area contributed by atoms with Crippen molar-refractivity contribution in [1.82, 2.24) is 4.98 Å². The van der Waals surface area contributed by atoms with E-state index in [1.165, 1.54) is 0 Å². The predicted octanol–water partition coefficient (Wildman–Crippen LogP) is 3.64. The fraction of sp³-hybridized carbons (Fsp3) is 0. The Hall–Kier alpha value is -1.67. The van der Waals surface area contributed by atoms with Gasteiger partial charge >= 0.3 is 0 Å². The molecular formula is C15H11IN2O2S. The largest absolute Gasteiger partial charge is 0.280 e. The first-order valence-electron chi connectivity index (χ1n) is 6.18. The fourth-order valence-electron chi connectivity index (χ4n) is 2.04. The summed E-state index contributed by atoms with van der Waals surface area (Å²) in [5.74, 6) is 0. The van der Waals surface area contributed by atoms with Gasteiger partial charge in [-0.15, -0.1) is 0 Å². The van der Waals surface area contributed by atoms with E-state index in [4.69, 9.17) is 0 Å². The summed E-state index contributed by atoms with van der Waals surface area (Å²) >= 11 is 2.17. The molecule has 0 spiro atoms. The normalized spacial score (nSPS) is 11.5. The maximum atomic E-state index is 12.6. The van der Waals surface area contributed by atoms with Gasteiger partial charge < -0.3 is 0 Å². The number of sulfonamides is 1. The monoisotopic (exact) mass is 410 g/mol. The van der Waals surface area contributed by atoms with Crippen molar-refractivity contribution in [3.05, 3.63) is 64.4 Å². The van der Waals surface area contributed by atoms with Gasteiger partial charge in [-0.3, -0.25) is 9.71 Å². The van der Waals surface area contributed by atoms with Crippen LogP contribution >= 0.6 is 22.6 Å². The number of benzene rings is 2. The quantitative estimate of drug-likeness (QED) is 0.671. The summed E-state index contributed by atoms with van der Waals surface area (Å²) in [5.41, 5.74) is 1.19. The van der Waals surface area contributed by atoms with Gasteiger partial charge in [0.1, 0.15) is 0 Å². The molecule has 0 aliphatic heterocycles. The molecule has 0 aliphatic carbocycles. The summed E-state index contributed by atoms with van der Waals surface area (Å²) in [6.45, 7) is 0. The Kier molecular flexibility index (Phi) is 3.81. The van der Waals surface area contributed by atoms with Crippen molar-refractivity contribution >= 4 is 49.2 Å². The third-order valence-electron chi connectivity index (χ3n) is 2.99. The molecule has 0 saturated carbocycles. The second-order valence-electron chi connectivity index (χ2n) is 4.44. The van der Waals surface area contributed by atoms with E-state index in [2.05, 4.69) is 32.3 Å². The van der Waals surface area contributed by atoms with Gasteiger partial charge in [-0.05, 0) is 71.1 Å². The Balaban J connectivity index is 2.06. The number of rotatable bonds is 3. The van der Waals surface area contributed by atoms with E-state index in [0.29, 0.717) is 16.6 Å². The molecule has 0 fully saturated rings. The minimum absolute atomic E-state index is 0.228. The van der Waals surface area contributed by atoms with E-state index in [0.717, 1.165) is 3.57 Å². The Labute approximate surface area is 136 Å². The van der Waals surface area contributed by atoms with Crippen molar-refractivity contribution in [2.24, 2.45) is 0 Å². The van der Waals surface area contributed by atoms with Gasteiger partial charge in [-0.2, -0.15) is 0 Å². The Morgan fingerprint density at radius 2 is 1.71 bits per heavy atom. The van der Waals surface area contributed by atoms with Crippen LogP contribution in [-0.2, 0) is 10.0 Å². The molecule has 3 aromatic rings. The molecule has 0 amide bonds. The third kappa shape index (κ3) is 3.01. The molecule has 0 aliphatic rings. The zero-order valence-corrected chi connectivity index (χ0v) is 13.8. The molecule has 1 heterocycles. The van der Waals surface area contributed by atoms with Gasteiger partial charge in [0, 0.05) is 20.8 Å². The smallest absolute Gasteiger partial charge is 0.262 e. The van der Waals surface area contributed by atoms with Gasteiger partial charge in [0.2, 0.25) is 0 Å². The molecule has 4 nitrogen and oxygen atoms in total. The SMILES string of the molecule is O=S(=O)(Nc1ccc(I)cc1)c1cccc2ncccc12. The molecule has 0 unspecified atom stereocenters.